The molecule has 1 amide bonds. The maximum Gasteiger partial charge on any atom is 0.222 e. The normalized spacial score (nSPS) is 16.6. The molecule has 1 atom stereocenters. The lowest BCUT2D eigenvalue weighted by Gasteiger charge is -2.26. The minimum absolute atomic E-state index is 0.0763. The van der Waals surface area contributed by atoms with Gasteiger partial charge in [-0.25, -0.2) is 4.98 Å². The van der Waals surface area contributed by atoms with E-state index in [0.29, 0.717) is 13.0 Å². The highest BCUT2D eigenvalue weighted by Crippen LogP contribution is 2.31. The van der Waals surface area contributed by atoms with Crippen molar-refractivity contribution in [3.05, 3.63) is 59.9 Å². The Kier molecular flexibility index (Phi) is 4.14. The van der Waals surface area contributed by atoms with Crippen LogP contribution in [0.4, 0.5) is 5.69 Å². The fraction of sp³-hybridized carbons (Fsp3) is 0.300. The second-order valence-corrected chi connectivity index (χ2v) is 6.65. The molecule has 0 radical (unpaired) electrons. The molecule has 1 aliphatic rings. The Bertz CT molecular complexity index is 915. The second-order valence-electron chi connectivity index (χ2n) is 6.65. The first-order valence-electron chi connectivity index (χ1n) is 8.78. The highest BCUT2D eigenvalue weighted by atomic mass is 16.1. The average molecular weight is 334 g/mol. The fourth-order valence-electron chi connectivity index (χ4n) is 3.66. The van der Waals surface area contributed by atoms with Crippen molar-refractivity contribution in [3.63, 3.8) is 0 Å². The number of rotatable bonds is 4. The summed E-state index contributed by atoms with van der Waals surface area (Å²) in [6, 6.07) is 14.1. The Hall–Kier alpha value is -2.82. The van der Waals surface area contributed by atoms with Gasteiger partial charge in [-0.3, -0.25) is 4.79 Å². The third kappa shape index (κ3) is 3.22. The van der Waals surface area contributed by atoms with Gasteiger partial charge in [-0.05, 0) is 54.7 Å². The summed E-state index contributed by atoms with van der Waals surface area (Å²) in [5.41, 5.74) is 11.2. The zero-order chi connectivity index (χ0) is 17.2. The molecule has 2 aromatic carbocycles. The van der Waals surface area contributed by atoms with Crippen LogP contribution in [0.1, 0.15) is 36.4 Å². The molecule has 1 heterocycles. The number of fused-ring (bicyclic) bond motifs is 2. The van der Waals surface area contributed by atoms with Crippen LogP contribution in [-0.4, -0.2) is 15.5 Å². The van der Waals surface area contributed by atoms with E-state index in [1.54, 1.807) is 6.33 Å². The third-order valence-electron chi connectivity index (χ3n) is 4.92. The van der Waals surface area contributed by atoms with E-state index in [9.17, 15) is 4.79 Å². The van der Waals surface area contributed by atoms with Gasteiger partial charge < -0.3 is 15.6 Å². The van der Waals surface area contributed by atoms with Crippen LogP contribution >= 0.6 is 0 Å². The number of nitrogens with two attached hydrogens (primary N) is 1. The van der Waals surface area contributed by atoms with Crippen molar-refractivity contribution in [3.8, 4) is 0 Å². The van der Waals surface area contributed by atoms with Crippen molar-refractivity contribution in [2.45, 2.75) is 38.3 Å². The van der Waals surface area contributed by atoms with Crippen molar-refractivity contribution in [2.24, 2.45) is 0 Å². The van der Waals surface area contributed by atoms with Gasteiger partial charge in [-0.1, -0.05) is 18.2 Å². The molecule has 25 heavy (non-hydrogen) atoms. The van der Waals surface area contributed by atoms with Crippen LogP contribution in [0, 0.1) is 0 Å². The van der Waals surface area contributed by atoms with E-state index in [1.807, 2.05) is 41.0 Å². The molecule has 3 N–H and O–H groups in total. The molecular formula is C20H22N4O. The zero-order valence-corrected chi connectivity index (χ0v) is 14.1. The van der Waals surface area contributed by atoms with Crippen molar-refractivity contribution in [1.82, 2.24) is 14.9 Å². The highest BCUT2D eigenvalue weighted by Gasteiger charge is 2.21. The number of amides is 1. The van der Waals surface area contributed by atoms with Crippen LogP contribution in [0.15, 0.2) is 48.8 Å². The fourth-order valence-corrected chi connectivity index (χ4v) is 3.66. The summed E-state index contributed by atoms with van der Waals surface area (Å²) in [6.07, 6.45) is 5.34. The topological polar surface area (TPSA) is 72.9 Å². The maximum atomic E-state index is 12.4. The Labute approximate surface area is 146 Å². The highest BCUT2D eigenvalue weighted by molar-refractivity contribution is 5.78. The van der Waals surface area contributed by atoms with E-state index in [0.717, 1.165) is 36.0 Å². The number of anilines is 1. The van der Waals surface area contributed by atoms with E-state index in [4.69, 9.17) is 5.73 Å². The molecule has 0 saturated carbocycles. The summed E-state index contributed by atoms with van der Waals surface area (Å²) < 4.78 is 2.03. The first-order chi connectivity index (χ1) is 12.2. The molecule has 0 aliphatic heterocycles. The minimum atomic E-state index is 0.0763. The predicted octanol–water partition coefficient (Wildman–Crippen LogP) is 3.20. The van der Waals surface area contributed by atoms with Gasteiger partial charge in [0, 0.05) is 18.7 Å². The molecule has 5 heteroatoms. The van der Waals surface area contributed by atoms with E-state index >= 15 is 0 Å². The molecule has 128 valence electrons. The predicted molar refractivity (Wildman–Crippen MR) is 99.0 cm³/mol. The van der Waals surface area contributed by atoms with Gasteiger partial charge in [0.25, 0.3) is 0 Å². The van der Waals surface area contributed by atoms with Crippen LogP contribution in [0.5, 0.6) is 0 Å². The summed E-state index contributed by atoms with van der Waals surface area (Å²) in [5.74, 6) is 0.0763. The van der Waals surface area contributed by atoms with Gasteiger partial charge in [0.1, 0.15) is 0 Å². The summed E-state index contributed by atoms with van der Waals surface area (Å²) in [4.78, 5) is 16.8. The third-order valence-corrected chi connectivity index (χ3v) is 4.92. The lowest BCUT2D eigenvalue weighted by Crippen LogP contribution is -2.31. The molecule has 1 unspecified atom stereocenters. The maximum absolute atomic E-state index is 12.4. The summed E-state index contributed by atoms with van der Waals surface area (Å²) in [6.45, 7) is 0.633. The Balaban J connectivity index is 1.42. The first-order valence-corrected chi connectivity index (χ1v) is 8.78. The second kappa shape index (κ2) is 6.59. The molecule has 0 saturated heterocycles. The number of aromatic nitrogens is 2. The Morgan fingerprint density at radius 3 is 3.08 bits per heavy atom. The van der Waals surface area contributed by atoms with Crippen molar-refractivity contribution in [1.29, 1.82) is 0 Å². The number of aryl methyl sites for hydroxylation is 2. The number of nitrogens with zero attached hydrogens (tertiary/aromatic N) is 2. The van der Waals surface area contributed by atoms with Gasteiger partial charge in [0.2, 0.25) is 5.91 Å². The number of hydrogen-bond acceptors (Lipinski definition) is 3. The molecule has 5 nitrogen and oxygen atoms in total. The summed E-state index contributed by atoms with van der Waals surface area (Å²) in [7, 11) is 0. The monoisotopic (exact) mass is 334 g/mol. The summed E-state index contributed by atoms with van der Waals surface area (Å²) >= 11 is 0. The van der Waals surface area contributed by atoms with Crippen LogP contribution in [0.25, 0.3) is 11.0 Å². The summed E-state index contributed by atoms with van der Waals surface area (Å²) in [5, 5.41) is 3.19. The van der Waals surface area contributed by atoms with E-state index in [2.05, 4.69) is 16.4 Å². The van der Waals surface area contributed by atoms with Crippen molar-refractivity contribution < 1.29 is 4.79 Å². The van der Waals surface area contributed by atoms with Gasteiger partial charge in [-0.2, -0.15) is 0 Å². The quantitative estimate of drug-likeness (QED) is 0.720. The number of imidazole rings is 1. The number of carbonyl (C=O) groups is 1. The van der Waals surface area contributed by atoms with Gasteiger partial charge >= 0.3 is 0 Å². The number of carbonyl (C=O) groups excluding carboxylic acids is 1. The number of nitrogen functional groups attached to an aromatic ring is 1. The number of hydrogen-bond donors (Lipinski definition) is 2. The molecular weight excluding hydrogens is 312 g/mol. The van der Waals surface area contributed by atoms with E-state index in [-0.39, 0.29) is 11.9 Å². The van der Waals surface area contributed by atoms with Crippen LogP contribution < -0.4 is 11.1 Å². The van der Waals surface area contributed by atoms with Crippen LogP contribution in [0.2, 0.25) is 0 Å². The first kappa shape index (κ1) is 15.7. The van der Waals surface area contributed by atoms with Gasteiger partial charge in [0.15, 0.2) is 0 Å². The van der Waals surface area contributed by atoms with Crippen molar-refractivity contribution in [2.75, 3.05) is 5.73 Å². The number of para-hydroxylation sites is 2. The molecule has 4 rings (SSSR count). The van der Waals surface area contributed by atoms with E-state index < -0.39 is 0 Å². The minimum Gasteiger partial charge on any atom is -0.399 e. The Morgan fingerprint density at radius 1 is 1.28 bits per heavy atom. The average Bonchev–Trinajstić information content (AvgIpc) is 3.03. The van der Waals surface area contributed by atoms with E-state index in [1.165, 1.54) is 11.1 Å². The molecule has 1 aromatic heterocycles. The van der Waals surface area contributed by atoms with Crippen molar-refractivity contribution >= 4 is 22.6 Å². The molecule has 0 fully saturated rings. The SMILES string of the molecule is Nc1ccc2c(c1)CCCC2NC(=O)CCn1cnc2ccccc21. The molecule has 0 spiro atoms. The lowest BCUT2D eigenvalue weighted by atomic mass is 9.87. The van der Waals surface area contributed by atoms with Gasteiger partial charge in [-0.15, -0.1) is 0 Å². The molecule has 0 bridgehead atoms. The van der Waals surface area contributed by atoms with Crippen LogP contribution in [0.3, 0.4) is 0 Å². The van der Waals surface area contributed by atoms with Crippen LogP contribution in [-0.2, 0) is 17.8 Å². The standard InChI is InChI=1S/C20H22N4O/c21-15-8-9-16-14(12-15)4-3-6-17(16)23-20(25)10-11-24-13-22-18-5-1-2-7-19(18)24/h1-2,5,7-9,12-13,17H,3-4,6,10-11,21H2,(H,23,25). The van der Waals surface area contributed by atoms with Gasteiger partial charge in [0.05, 0.1) is 23.4 Å². The molecule has 3 aromatic rings. The zero-order valence-electron chi connectivity index (χ0n) is 14.1. The molecule has 1 aliphatic carbocycles. The smallest absolute Gasteiger partial charge is 0.222 e. The number of nitrogens with one attached hydrogen (secondary N) is 1. The largest absolute Gasteiger partial charge is 0.399 e. The number of benzene rings is 2. The Morgan fingerprint density at radius 2 is 2.16 bits per heavy atom. The lowest BCUT2D eigenvalue weighted by molar-refractivity contribution is -0.122.